The molecule has 1 aliphatic carbocycles. The Bertz CT molecular complexity index is 1550. The summed E-state index contributed by atoms with van der Waals surface area (Å²) in [5.41, 5.74) is 2.30. The summed E-state index contributed by atoms with van der Waals surface area (Å²) in [4.78, 5) is 13.6. The molecular weight excluding hydrogens is 538 g/mol. The smallest absolute Gasteiger partial charge is 0.145 e. The molecule has 0 bridgehead atoms. The van der Waals surface area contributed by atoms with Crippen molar-refractivity contribution in [3.63, 3.8) is 0 Å². The number of aryl methyl sites for hydroxylation is 1. The maximum atomic E-state index is 7.00. The van der Waals surface area contributed by atoms with Crippen molar-refractivity contribution in [1.82, 2.24) is 29.4 Å². The van der Waals surface area contributed by atoms with Crippen molar-refractivity contribution in [2.45, 2.75) is 51.1 Å². The number of aromatic nitrogens is 5. The van der Waals surface area contributed by atoms with Gasteiger partial charge in [-0.3, -0.25) is 0 Å². The molecule has 3 N–H and O–H groups in total. The number of para-hydroxylation sites is 1. The molecular formula is C34H43N7O2. The molecule has 43 heavy (non-hydrogen) atoms. The minimum Gasteiger partial charge on any atom is -0.457 e. The van der Waals surface area contributed by atoms with Gasteiger partial charge in [-0.2, -0.15) is 0 Å². The maximum Gasteiger partial charge on any atom is 0.145 e. The normalized spacial score (nSPS) is 16.2. The van der Waals surface area contributed by atoms with Crippen LogP contribution in [0.15, 0.2) is 85.6 Å². The second-order valence-electron chi connectivity index (χ2n) is 10.9. The molecule has 2 atom stereocenters. The lowest BCUT2D eigenvalue weighted by Gasteiger charge is -2.16. The van der Waals surface area contributed by atoms with Gasteiger partial charge in [-0.05, 0) is 87.0 Å². The van der Waals surface area contributed by atoms with Gasteiger partial charge in [0.25, 0.3) is 0 Å². The van der Waals surface area contributed by atoms with Gasteiger partial charge in [0, 0.05) is 51.8 Å². The zero-order valence-corrected chi connectivity index (χ0v) is 25.2. The Hall–Kier alpha value is -4.21. The van der Waals surface area contributed by atoms with Gasteiger partial charge in [0.15, 0.2) is 0 Å². The number of ether oxygens (including phenoxy) is 1. The minimum atomic E-state index is 0.485. The van der Waals surface area contributed by atoms with E-state index in [2.05, 4.69) is 71.4 Å². The summed E-state index contributed by atoms with van der Waals surface area (Å²) < 4.78 is 10.7. The van der Waals surface area contributed by atoms with E-state index in [0.29, 0.717) is 12.0 Å². The fourth-order valence-corrected chi connectivity index (χ4v) is 6.06. The predicted molar refractivity (Wildman–Crippen MR) is 172 cm³/mol. The number of benzene rings is 2. The molecule has 0 aliphatic heterocycles. The molecule has 3 heterocycles. The molecule has 2 aromatic carbocycles. The number of rotatable bonds is 13. The molecule has 0 amide bonds. The number of nitrogens with one attached hydrogen (secondary N) is 2. The predicted octanol–water partition coefficient (Wildman–Crippen LogP) is 5.88. The minimum absolute atomic E-state index is 0.485. The average Bonchev–Trinajstić information content (AvgIpc) is 3.81. The number of hydrogen-bond donors (Lipinski definition) is 3. The standard InChI is InChI=1S/C33H39N7O.CH4O/c1-34-32-30-15-19-40(33(30)38-24-37-32)27-13-12-26(21-27)23-39-20-18-36-31(39)11-6-16-35-17-14-25-7-5-10-29(22-25)41-28-8-3-2-4-9-28;1-2/h2-5,7-10,15,18-20,22,24,26-27,35H,6,11-14,16-17,21,23H2,1H3,(H,34,37,38);2H,1H3. The molecule has 9 heteroatoms. The molecule has 6 rings (SSSR count). The van der Waals surface area contributed by atoms with Crippen LogP contribution in [-0.2, 0) is 19.4 Å². The van der Waals surface area contributed by atoms with Gasteiger partial charge < -0.3 is 29.6 Å². The van der Waals surface area contributed by atoms with Crippen molar-refractivity contribution in [3.8, 4) is 11.5 Å². The van der Waals surface area contributed by atoms with Crippen LogP contribution in [0.5, 0.6) is 11.5 Å². The topological polar surface area (TPSA) is 102 Å². The van der Waals surface area contributed by atoms with Gasteiger partial charge in [0.2, 0.25) is 0 Å². The third-order valence-corrected chi connectivity index (χ3v) is 8.13. The van der Waals surface area contributed by atoms with Gasteiger partial charge in [-0.15, -0.1) is 0 Å². The largest absolute Gasteiger partial charge is 0.457 e. The first-order valence-electron chi connectivity index (χ1n) is 15.2. The van der Waals surface area contributed by atoms with Crippen LogP contribution in [0.4, 0.5) is 5.82 Å². The van der Waals surface area contributed by atoms with Gasteiger partial charge in [-0.25, -0.2) is 15.0 Å². The van der Waals surface area contributed by atoms with Crippen LogP contribution in [0.2, 0.25) is 0 Å². The van der Waals surface area contributed by atoms with E-state index < -0.39 is 0 Å². The molecule has 1 fully saturated rings. The Morgan fingerprint density at radius 2 is 1.77 bits per heavy atom. The molecule has 1 aliphatic rings. The van der Waals surface area contributed by atoms with Gasteiger partial charge >= 0.3 is 0 Å². The van der Waals surface area contributed by atoms with Gasteiger partial charge in [0.05, 0.1) is 5.39 Å². The highest BCUT2D eigenvalue weighted by Crippen LogP contribution is 2.38. The van der Waals surface area contributed by atoms with Crippen LogP contribution < -0.4 is 15.4 Å². The van der Waals surface area contributed by atoms with Crippen molar-refractivity contribution in [1.29, 1.82) is 0 Å². The van der Waals surface area contributed by atoms with Crippen molar-refractivity contribution in [2.24, 2.45) is 5.92 Å². The Kier molecular flexibility index (Phi) is 10.8. The summed E-state index contributed by atoms with van der Waals surface area (Å²) in [6, 6.07) is 20.9. The average molecular weight is 582 g/mol. The van der Waals surface area contributed by atoms with Gasteiger partial charge in [0.1, 0.15) is 35.1 Å². The van der Waals surface area contributed by atoms with E-state index in [1.54, 1.807) is 6.33 Å². The lowest BCUT2D eigenvalue weighted by Crippen LogP contribution is -2.20. The molecule has 0 spiro atoms. The summed E-state index contributed by atoms with van der Waals surface area (Å²) in [7, 11) is 2.91. The highest BCUT2D eigenvalue weighted by molar-refractivity contribution is 5.87. The second-order valence-corrected chi connectivity index (χ2v) is 10.9. The first-order valence-corrected chi connectivity index (χ1v) is 15.2. The lowest BCUT2D eigenvalue weighted by atomic mass is 10.1. The Labute approximate surface area is 254 Å². The van der Waals surface area contributed by atoms with E-state index in [1.165, 1.54) is 30.7 Å². The number of hydrogen-bond acceptors (Lipinski definition) is 7. The molecule has 2 unspecified atom stereocenters. The number of nitrogens with zero attached hydrogens (tertiary/aromatic N) is 5. The van der Waals surface area contributed by atoms with Gasteiger partial charge in [-0.1, -0.05) is 30.3 Å². The molecule has 226 valence electrons. The van der Waals surface area contributed by atoms with Crippen LogP contribution >= 0.6 is 0 Å². The summed E-state index contributed by atoms with van der Waals surface area (Å²) in [6.45, 7) is 2.97. The molecule has 9 nitrogen and oxygen atoms in total. The summed E-state index contributed by atoms with van der Waals surface area (Å²) >= 11 is 0. The quantitative estimate of drug-likeness (QED) is 0.149. The second kappa shape index (κ2) is 15.3. The first-order chi connectivity index (χ1) is 21.3. The van der Waals surface area contributed by atoms with Crippen molar-refractivity contribution >= 4 is 16.9 Å². The van der Waals surface area contributed by atoms with E-state index in [0.717, 1.165) is 74.4 Å². The van der Waals surface area contributed by atoms with E-state index in [-0.39, 0.29) is 0 Å². The highest BCUT2D eigenvalue weighted by atomic mass is 16.5. The van der Waals surface area contributed by atoms with Crippen LogP contribution in [0.1, 0.15) is 43.1 Å². The monoisotopic (exact) mass is 581 g/mol. The van der Waals surface area contributed by atoms with Crippen LogP contribution in [-0.4, -0.2) is 56.4 Å². The number of aliphatic hydroxyl groups is 1. The number of anilines is 1. The number of aliphatic hydroxyl groups excluding tert-OH is 1. The van der Waals surface area contributed by atoms with Crippen LogP contribution in [0.25, 0.3) is 11.0 Å². The third kappa shape index (κ3) is 7.80. The zero-order valence-electron chi connectivity index (χ0n) is 25.2. The van der Waals surface area contributed by atoms with E-state index in [4.69, 9.17) is 9.84 Å². The molecule has 5 aromatic rings. The highest BCUT2D eigenvalue weighted by Gasteiger charge is 2.28. The number of fused-ring (bicyclic) bond motifs is 1. The third-order valence-electron chi connectivity index (χ3n) is 8.13. The Balaban J connectivity index is 0.00000180. The summed E-state index contributed by atoms with van der Waals surface area (Å²) in [6.07, 6.45) is 14.6. The van der Waals surface area contributed by atoms with E-state index >= 15 is 0 Å². The molecule has 3 aromatic heterocycles. The van der Waals surface area contributed by atoms with E-state index in [9.17, 15) is 0 Å². The number of imidazole rings is 1. The van der Waals surface area contributed by atoms with Crippen LogP contribution in [0, 0.1) is 5.92 Å². The van der Waals surface area contributed by atoms with Crippen LogP contribution in [0.3, 0.4) is 0 Å². The molecule has 0 saturated heterocycles. The Morgan fingerprint density at radius 1 is 0.907 bits per heavy atom. The van der Waals surface area contributed by atoms with E-state index in [1.807, 2.05) is 49.6 Å². The molecule has 0 radical (unpaired) electrons. The first kappa shape index (κ1) is 30.3. The van der Waals surface area contributed by atoms with Crippen molar-refractivity contribution in [3.05, 3.63) is 97.0 Å². The maximum absolute atomic E-state index is 7.00. The molecule has 1 saturated carbocycles. The van der Waals surface area contributed by atoms with Crippen molar-refractivity contribution < 1.29 is 9.84 Å². The lowest BCUT2D eigenvalue weighted by molar-refractivity contribution is 0.399. The SMILES string of the molecule is CNc1ncnc2c1ccn2C1CCC(Cn2ccnc2CCCNCCc2cccc(Oc3ccccc3)c2)C1.CO. The fraction of sp³-hybridized carbons (Fsp3) is 0.382. The summed E-state index contributed by atoms with van der Waals surface area (Å²) in [5.74, 6) is 4.48. The zero-order chi connectivity index (χ0) is 29.9. The summed E-state index contributed by atoms with van der Waals surface area (Å²) in [5, 5.41) is 14.9. The fourth-order valence-electron chi connectivity index (χ4n) is 6.06. The Morgan fingerprint density at radius 3 is 2.63 bits per heavy atom. The van der Waals surface area contributed by atoms with Crippen molar-refractivity contribution in [2.75, 3.05) is 32.6 Å².